The number of nitrogens with zero attached hydrogens (tertiary/aromatic N) is 1. The molecule has 1 N–H and O–H groups in total. The number of methoxy groups -OCH3 is 1. The van der Waals surface area contributed by atoms with Crippen LogP contribution in [0.1, 0.15) is 23.5 Å². The van der Waals surface area contributed by atoms with Gasteiger partial charge < -0.3 is 9.84 Å². The molecular weight excluding hydrogens is 329 g/mol. The topological polar surface area (TPSA) is 42.4 Å². The molecule has 2 aromatic carbocycles. The number of hydrogen-bond donors (Lipinski definition) is 1. The predicted molar refractivity (Wildman–Crippen MR) is 93.3 cm³/mol. The summed E-state index contributed by atoms with van der Waals surface area (Å²) in [5, 5.41) is 11.5. The molecule has 124 valence electrons. The maximum atomic E-state index is 13.5. The number of ether oxygens (including phenoxy) is 1. The van der Waals surface area contributed by atoms with Crippen molar-refractivity contribution < 1.29 is 14.2 Å². The average Bonchev–Trinajstić information content (AvgIpc) is 2.61. The van der Waals surface area contributed by atoms with Crippen LogP contribution in [0.25, 0.3) is 10.8 Å². The number of fused-ring (bicyclic) bond motifs is 1. The Hall–Kier alpha value is -2.17. The SMILES string of the molecule is COc1ncc(C(CCO)c2ccc(F)c(Cl)c2)c2ccccc12. The molecule has 0 spiro atoms. The second-order valence-corrected chi connectivity index (χ2v) is 5.91. The van der Waals surface area contributed by atoms with E-state index in [4.69, 9.17) is 16.3 Å². The molecule has 3 aromatic rings. The summed E-state index contributed by atoms with van der Waals surface area (Å²) in [6.45, 7) is 0.0000181. The number of benzene rings is 2. The van der Waals surface area contributed by atoms with Crippen molar-refractivity contribution in [3.8, 4) is 5.88 Å². The summed E-state index contributed by atoms with van der Waals surface area (Å²) in [5.41, 5.74) is 1.79. The van der Waals surface area contributed by atoms with Crippen LogP contribution in [0.5, 0.6) is 5.88 Å². The maximum Gasteiger partial charge on any atom is 0.221 e. The Kier molecular flexibility index (Phi) is 4.97. The Balaban J connectivity index is 2.19. The van der Waals surface area contributed by atoms with Gasteiger partial charge in [0.25, 0.3) is 0 Å². The van der Waals surface area contributed by atoms with E-state index < -0.39 is 5.82 Å². The minimum atomic E-state index is -0.458. The van der Waals surface area contributed by atoms with Gasteiger partial charge in [-0.1, -0.05) is 35.9 Å². The Morgan fingerprint density at radius 2 is 1.96 bits per heavy atom. The quantitative estimate of drug-likeness (QED) is 0.737. The first-order valence-electron chi connectivity index (χ1n) is 7.63. The zero-order chi connectivity index (χ0) is 17.1. The highest BCUT2D eigenvalue weighted by molar-refractivity contribution is 6.30. The molecular formula is C19H17ClFNO2. The van der Waals surface area contributed by atoms with Crippen molar-refractivity contribution in [1.82, 2.24) is 4.98 Å². The highest BCUT2D eigenvalue weighted by Crippen LogP contribution is 2.36. The lowest BCUT2D eigenvalue weighted by atomic mass is 9.87. The van der Waals surface area contributed by atoms with Gasteiger partial charge in [-0.05, 0) is 41.1 Å². The lowest BCUT2D eigenvalue weighted by molar-refractivity contribution is 0.281. The van der Waals surface area contributed by atoms with Crippen LogP contribution in [0.3, 0.4) is 0 Å². The van der Waals surface area contributed by atoms with Crippen molar-refractivity contribution in [2.45, 2.75) is 12.3 Å². The number of pyridine rings is 1. The maximum absolute atomic E-state index is 13.5. The van der Waals surface area contributed by atoms with E-state index >= 15 is 0 Å². The smallest absolute Gasteiger partial charge is 0.221 e. The van der Waals surface area contributed by atoms with E-state index in [0.717, 1.165) is 21.9 Å². The van der Waals surface area contributed by atoms with E-state index in [1.165, 1.54) is 6.07 Å². The summed E-state index contributed by atoms with van der Waals surface area (Å²) in [5.74, 6) is -0.0495. The predicted octanol–water partition coefficient (Wildman–Crippen LogP) is 4.55. The Bertz CT molecular complexity index is 869. The van der Waals surface area contributed by atoms with Gasteiger partial charge in [0.2, 0.25) is 5.88 Å². The molecule has 0 saturated carbocycles. The second-order valence-electron chi connectivity index (χ2n) is 5.51. The molecule has 3 rings (SSSR count). The molecule has 0 aliphatic heterocycles. The van der Waals surface area contributed by atoms with Gasteiger partial charge in [-0.3, -0.25) is 0 Å². The van der Waals surface area contributed by atoms with Gasteiger partial charge in [0.1, 0.15) is 5.82 Å². The number of aromatic nitrogens is 1. The van der Waals surface area contributed by atoms with Crippen LogP contribution in [-0.2, 0) is 0 Å². The van der Waals surface area contributed by atoms with E-state index in [-0.39, 0.29) is 17.5 Å². The summed E-state index contributed by atoms with van der Waals surface area (Å²) in [7, 11) is 1.58. The molecule has 0 aliphatic rings. The molecule has 1 heterocycles. The van der Waals surface area contributed by atoms with Gasteiger partial charge >= 0.3 is 0 Å². The van der Waals surface area contributed by atoms with Gasteiger partial charge in [0.15, 0.2) is 0 Å². The van der Waals surface area contributed by atoms with E-state index in [2.05, 4.69) is 4.98 Å². The Morgan fingerprint density at radius 1 is 1.21 bits per heavy atom. The number of aliphatic hydroxyl groups is 1. The number of halogens is 2. The fourth-order valence-electron chi connectivity index (χ4n) is 2.99. The standard InChI is InChI=1S/C19H17ClFNO2/c1-24-19-15-5-3-2-4-14(15)16(11-22-19)13(8-9-23)12-6-7-18(21)17(20)10-12/h2-7,10-11,13,23H,8-9H2,1H3. The summed E-state index contributed by atoms with van der Waals surface area (Å²) in [6.07, 6.45) is 2.23. The molecule has 0 bridgehead atoms. The van der Waals surface area contributed by atoms with Crippen molar-refractivity contribution in [2.24, 2.45) is 0 Å². The van der Waals surface area contributed by atoms with Crippen molar-refractivity contribution in [3.05, 3.63) is 70.6 Å². The molecule has 3 nitrogen and oxygen atoms in total. The Morgan fingerprint density at radius 3 is 2.62 bits per heavy atom. The van der Waals surface area contributed by atoms with E-state index in [1.807, 2.05) is 24.3 Å². The number of hydrogen-bond acceptors (Lipinski definition) is 3. The summed E-state index contributed by atoms with van der Waals surface area (Å²) in [4.78, 5) is 4.38. The van der Waals surface area contributed by atoms with E-state index in [9.17, 15) is 9.50 Å². The summed E-state index contributed by atoms with van der Waals surface area (Å²) >= 11 is 5.94. The van der Waals surface area contributed by atoms with Crippen LogP contribution < -0.4 is 4.74 Å². The lowest BCUT2D eigenvalue weighted by Crippen LogP contribution is -2.06. The number of rotatable bonds is 5. The molecule has 0 aliphatic carbocycles. The van der Waals surface area contributed by atoms with Gasteiger partial charge in [-0.15, -0.1) is 0 Å². The van der Waals surface area contributed by atoms with Gasteiger partial charge in [-0.25, -0.2) is 9.37 Å². The van der Waals surface area contributed by atoms with Gasteiger partial charge in [0, 0.05) is 24.1 Å². The molecule has 24 heavy (non-hydrogen) atoms. The molecule has 0 radical (unpaired) electrons. The van der Waals surface area contributed by atoms with Crippen LogP contribution in [0.15, 0.2) is 48.7 Å². The third-order valence-electron chi connectivity index (χ3n) is 4.12. The van der Waals surface area contributed by atoms with Crippen LogP contribution in [0.4, 0.5) is 4.39 Å². The fourth-order valence-corrected chi connectivity index (χ4v) is 3.18. The van der Waals surface area contributed by atoms with Gasteiger partial charge in [0.05, 0.1) is 12.1 Å². The van der Waals surface area contributed by atoms with Crippen molar-refractivity contribution in [2.75, 3.05) is 13.7 Å². The average molecular weight is 346 g/mol. The van der Waals surface area contributed by atoms with Crippen LogP contribution in [-0.4, -0.2) is 23.8 Å². The molecule has 0 amide bonds. The summed E-state index contributed by atoms with van der Waals surface area (Å²) < 4.78 is 18.8. The minimum Gasteiger partial charge on any atom is -0.481 e. The van der Waals surface area contributed by atoms with Crippen molar-refractivity contribution in [1.29, 1.82) is 0 Å². The largest absolute Gasteiger partial charge is 0.481 e. The third-order valence-corrected chi connectivity index (χ3v) is 4.41. The zero-order valence-corrected chi connectivity index (χ0v) is 13.9. The minimum absolute atomic E-state index is 0.0000181. The van der Waals surface area contributed by atoms with Crippen molar-refractivity contribution in [3.63, 3.8) is 0 Å². The molecule has 1 unspecified atom stereocenters. The normalized spacial score (nSPS) is 12.3. The Labute approximate surface area is 144 Å². The fraction of sp³-hybridized carbons (Fsp3) is 0.211. The van der Waals surface area contributed by atoms with Gasteiger partial charge in [-0.2, -0.15) is 0 Å². The van der Waals surface area contributed by atoms with Crippen LogP contribution in [0.2, 0.25) is 5.02 Å². The van der Waals surface area contributed by atoms with E-state index in [0.29, 0.717) is 12.3 Å². The molecule has 5 heteroatoms. The first kappa shape index (κ1) is 16.7. The summed E-state index contributed by atoms with van der Waals surface area (Å²) in [6, 6.07) is 12.5. The first-order chi connectivity index (χ1) is 11.7. The first-order valence-corrected chi connectivity index (χ1v) is 8.01. The lowest BCUT2D eigenvalue weighted by Gasteiger charge is -2.20. The monoisotopic (exact) mass is 345 g/mol. The van der Waals surface area contributed by atoms with Crippen LogP contribution in [0, 0.1) is 5.82 Å². The highest BCUT2D eigenvalue weighted by atomic mass is 35.5. The highest BCUT2D eigenvalue weighted by Gasteiger charge is 2.19. The third kappa shape index (κ3) is 3.07. The molecule has 1 aromatic heterocycles. The molecule has 0 saturated heterocycles. The zero-order valence-electron chi connectivity index (χ0n) is 13.2. The van der Waals surface area contributed by atoms with E-state index in [1.54, 1.807) is 25.4 Å². The second kappa shape index (κ2) is 7.16. The van der Waals surface area contributed by atoms with Crippen molar-refractivity contribution >= 4 is 22.4 Å². The number of aliphatic hydroxyl groups excluding tert-OH is 1. The van der Waals surface area contributed by atoms with Crippen LogP contribution >= 0.6 is 11.6 Å². The molecule has 0 fully saturated rings. The molecule has 1 atom stereocenters.